The first kappa shape index (κ1) is 14.7. The molecule has 4 heteroatoms. The van der Waals surface area contributed by atoms with Crippen molar-refractivity contribution in [3.8, 4) is 0 Å². The molecule has 1 rings (SSSR count). The molecule has 0 saturated carbocycles. The van der Waals surface area contributed by atoms with Gasteiger partial charge in [0.05, 0.1) is 12.1 Å². The monoisotopic (exact) mass is 250 g/mol. The Morgan fingerprint density at radius 1 is 1.28 bits per heavy atom. The van der Waals surface area contributed by atoms with Gasteiger partial charge < -0.3 is 15.4 Å². The number of aryl methyl sites for hydroxylation is 1. The van der Waals surface area contributed by atoms with Crippen LogP contribution in [0.2, 0.25) is 0 Å². The summed E-state index contributed by atoms with van der Waals surface area (Å²) in [6.07, 6.45) is 0. The van der Waals surface area contributed by atoms with Gasteiger partial charge in [0, 0.05) is 19.3 Å². The van der Waals surface area contributed by atoms with Crippen molar-refractivity contribution in [3.05, 3.63) is 29.8 Å². The van der Waals surface area contributed by atoms with Crippen LogP contribution in [0.5, 0.6) is 0 Å². The molecular weight excluding hydrogens is 228 g/mol. The molecule has 0 bridgehead atoms. The SMILES string of the molecule is COC(C)(C)CNCC(=O)Nc1ccc(C)cc1. The zero-order chi connectivity index (χ0) is 13.6. The van der Waals surface area contributed by atoms with Gasteiger partial charge in [-0.15, -0.1) is 0 Å². The topological polar surface area (TPSA) is 50.4 Å². The van der Waals surface area contributed by atoms with Crippen molar-refractivity contribution >= 4 is 11.6 Å². The number of ether oxygens (including phenoxy) is 1. The van der Waals surface area contributed by atoms with Gasteiger partial charge in [-0.2, -0.15) is 0 Å². The zero-order valence-corrected chi connectivity index (χ0v) is 11.5. The van der Waals surface area contributed by atoms with Gasteiger partial charge in [0.1, 0.15) is 0 Å². The Balaban J connectivity index is 2.32. The van der Waals surface area contributed by atoms with E-state index in [0.717, 1.165) is 5.69 Å². The highest BCUT2D eigenvalue weighted by Crippen LogP contribution is 2.08. The average molecular weight is 250 g/mol. The van der Waals surface area contributed by atoms with Crippen LogP contribution in [0.4, 0.5) is 5.69 Å². The molecule has 18 heavy (non-hydrogen) atoms. The van der Waals surface area contributed by atoms with E-state index in [2.05, 4.69) is 10.6 Å². The first-order chi connectivity index (χ1) is 8.43. The summed E-state index contributed by atoms with van der Waals surface area (Å²) >= 11 is 0. The number of hydrogen-bond donors (Lipinski definition) is 2. The van der Waals surface area contributed by atoms with E-state index in [4.69, 9.17) is 4.74 Å². The molecule has 2 N–H and O–H groups in total. The van der Waals surface area contributed by atoms with E-state index in [1.165, 1.54) is 5.56 Å². The van der Waals surface area contributed by atoms with Gasteiger partial charge in [-0.25, -0.2) is 0 Å². The third-order valence-corrected chi connectivity index (χ3v) is 2.72. The van der Waals surface area contributed by atoms with E-state index in [9.17, 15) is 4.79 Å². The van der Waals surface area contributed by atoms with Gasteiger partial charge >= 0.3 is 0 Å². The Kier molecular flexibility index (Phi) is 5.31. The van der Waals surface area contributed by atoms with E-state index < -0.39 is 0 Å². The van der Waals surface area contributed by atoms with E-state index in [0.29, 0.717) is 6.54 Å². The van der Waals surface area contributed by atoms with Gasteiger partial charge in [-0.05, 0) is 32.9 Å². The number of benzene rings is 1. The second kappa shape index (κ2) is 6.52. The van der Waals surface area contributed by atoms with Crippen molar-refractivity contribution in [1.82, 2.24) is 5.32 Å². The highest BCUT2D eigenvalue weighted by Gasteiger charge is 2.15. The summed E-state index contributed by atoms with van der Waals surface area (Å²) in [6, 6.07) is 7.73. The summed E-state index contributed by atoms with van der Waals surface area (Å²) in [4.78, 5) is 11.7. The van der Waals surface area contributed by atoms with Gasteiger partial charge in [0.15, 0.2) is 0 Å². The van der Waals surface area contributed by atoms with Crippen LogP contribution in [-0.2, 0) is 9.53 Å². The van der Waals surface area contributed by atoms with Crippen LogP contribution in [0.15, 0.2) is 24.3 Å². The van der Waals surface area contributed by atoms with Crippen molar-refractivity contribution in [2.24, 2.45) is 0 Å². The van der Waals surface area contributed by atoms with Gasteiger partial charge in [-0.3, -0.25) is 4.79 Å². The molecule has 0 heterocycles. The Labute approximate surface area is 109 Å². The summed E-state index contributed by atoms with van der Waals surface area (Å²) in [5.74, 6) is -0.0502. The number of carbonyl (C=O) groups is 1. The van der Waals surface area contributed by atoms with Crippen molar-refractivity contribution in [2.45, 2.75) is 26.4 Å². The molecule has 0 radical (unpaired) electrons. The number of amides is 1. The molecule has 0 aromatic heterocycles. The molecule has 0 unspecified atom stereocenters. The molecule has 0 aliphatic heterocycles. The molecule has 0 fully saturated rings. The van der Waals surface area contributed by atoms with Crippen molar-refractivity contribution in [2.75, 3.05) is 25.5 Å². The quantitative estimate of drug-likeness (QED) is 0.811. The maximum Gasteiger partial charge on any atom is 0.238 e. The highest BCUT2D eigenvalue weighted by atomic mass is 16.5. The van der Waals surface area contributed by atoms with Crippen LogP contribution in [-0.4, -0.2) is 31.7 Å². The number of rotatable bonds is 6. The fourth-order valence-corrected chi connectivity index (χ4v) is 1.39. The maximum atomic E-state index is 11.7. The predicted molar refractivity (Wildman–Crippen MR) is 73.8 cm³/mol. The third-order valence-electron chi connectivity index (χ3n) is 2.72. The number of anilines is 1. The Morgan fingerprint density at radius 3 is 2.44 bits per heavy atom. The van der Waals surface area contributed by atoms with Gasteiger partial charge in [0.25, 0.3) is 0 Å². The second-order valence-electron chi connectivity index (χ2n) is 4.98. The number of hydrogen-bond acceptors (Lipinski definition) is 3. The maximum absolute atomic E-state index is 11.7. The molecule has 0 atom stereocenters. The molecule has 1 aromatic rings. The first-order valence-corrected chi connectivity index (χ1v) is 6.05. The fourth-order valence-electron chi connectivity index (χ4n) is 1.39. The lowest BCUT2D eigenvalue weighted by Crippen LogP contribution is -2.40. The predicted octanol–water partition coefficient (Wildman–Crippen LogP) is 1.95. The second-order valence-corrected chi connectivity index (χ2v) is 4.98. The smallest absolute Gasteiger partial charge is 0.238 e. The lowest BCUT2D eigenvalue weighted by molar-refractivity contribution is -0.115. The first-order valence-electron chi connectivity index (χ1n) is 6.05. The third kappa shape index (κ3) is 5.29. The minimum Gasteiger partial charge on any atom is -0.377 e. The minimum absolute atomic E-state index is 0.0502. The fraction of sp³-hybridized carbons (Fsp3) is 0.500. The lowest BCUT2D eigenvalue weighted by atomic mass is 10.1. The van der Waals surface area contributed by atoms with Crippen LogP contribution in [0, 0.1) is 6.92 Å². The molecule has 0 aliphatic rings. The Bertz CT molecular complexity index is 385. The van der Waals surface area contributed by atoms with E-state index in [1.807, 2.05) is 45.0 Å². The van der Waals surface area contributed by atoms with Crippen molar-refractivity contribution < 1.29 is 9.53 Å². The highest BCUT2D eigenvalue weighted by molar-refractivity contribution is 5.92. The van der Waals surface area contributed by atoms with Crippen LogP contribution >= 0.6 is 0 Å². The van der Waals surface area contributed by atoms with Crippen molar-refractivity contribution in [1.29, 1.82) is 0 Å². The molecule has 1 amide bonds. The van der Waals surface area contributed by atoms with E-state index in [-0.39, 0.29) is 18.1 Å². The largest absolute Gasteiger partial charge is 0.377 e. The normalized spacial score (nSPS) is 11.3. The lowest BCUT2D eigenvalue weighted by Gasteiger charge is -2.23. The number of nitrogens with one attached hydrogen (secondary N) is 2. The van der Waals surface area contributed by atoms with E-state index in [1.54, 1.807) is 7.11 Å². The molecule has 0 saturated heterocycles. The number of carbonyl (C=O) groups excluding carboxylic acids is 1. The number of methoxy groups -OCH3 is 1. The molecule has 100 valence electrons. The minimum atomic E-state index is -0.260. The zero-order valence-electron chi connectivity index (χ0n) is 11.5. The van der Waals surface area contributed by atoms with Crippen LogP contribution in [0.1, 0.15) is 19.4 Å². The van der Waals surface area contributed by atoms with Gasteiger partial charge in [0.2, 0.25) is 5.91 Å². The summed E-state index contributed by atoms with van der Waals surface area (Å²) in [5.41, 5.74) is 1.73. The van der Waals surface area contributed by atoms with E-state index >= 15 is 0 Å². The standard InChI is InChI=1S/C14H22N2O2/c1-11-5-7-12(8-6-11)16-13(17)9-15-10-14(2,3)18-4/h5-8,15H,9-10H2,1-4H3,(H,16,17). The molecule has 1 aromatic carbocycles. The Hall–Kier alpha value is -1.39. The van der Waals surface area contributed by atoms with Crippen LogP contribution < -0.4 is 10.6 Å². The summed E-state index contributed by atoms with van der Waals surface area (Å²) in [6.45, 7) is 6.86. The summed E-state index contributed by atoms with van der Waals surface area (Å²) < 4.78 is 5.26. The molecular formula is C14H22N2O2. The van der Waals surface area contributed by atoms with Crippen LogP contribution in [0.25, 0.3) is 0 Å². The summed E-state index contributed by atoms with van der Waals surface area (Å²) in [7, 11) is 1.66. The molecule has 0 aliphatic carbocycles. The van der Waals surface area contributed by atoms with Gasteiger partial charge in [-0.1, -0.05) is 17.7 Å². The molecule has 4 nitrogen and oxygen atoms in total. The average Bonchev–Trinajstić information content (AvgIpc) is 2.32. The van der Waals surface area contributed by atoms with Crippen molar-refractivity contribution in [3.63, 3.8) is 0 Å². The Morgan fingerprint density at radius 2 is 1.89 bits per heavy atom. The molecule has 0 spiro atoms. The van der Waals surface area contributed by atoms with Crippen LogP contribution in [0.3, 0.4) is 0 Å². The summed E-state index contributed by atoms with van der Waals surface area (Å²) in [5, 5.41) is 5.90.